The average Bonchev–Trinajstić information content (AvgIpc) is 3.23. The average molecular weight is 318 g/mol. The molecule has 112 valence electrons. The lowest BCUT2D eigenvalue weighted by Crippen LogP contribution is -1.98. The van der Waals surface area contributed by atoms with Gasteiger partial charge in [0.2, 0.25) is 0 Å². The zero-order valence-electron chi connectivity index (χ0n) is 12.5. The van der Waals surface area contributed by atoms with Crippen LogP contribution in [-0.4, -0.2) is 20.0 Å². The van der Waals surface area contributed by atoms with Crippen LogP contribution in [0.4, 0.5) is 0 Å². The van der Waals surface area contributed by atoms with Gasteiger partial charge in [-0.05, 0) is 19.1 Å². The predicted octanol–water partition coefficient (Wildman–Crippen LogP) is 4.37. The SMILES string of the molecule is Cc1c(-c2nc(-c3ccccc3)cs2)nnn1-c1ccccc1. The highest BCUT2D eigenvalue weighted by molar-refractivity contribution is 7.13. The van der Waals surface area contributed by atoms with Crippen molar-refractivity contribution in [1.82, 2.24) is 20.0 Å². The highest BCUT2D eigenvalue weighted by Gasteiger charge is 2.15. The monoisotopic (exact) mass is 318 g/mol. The van der Waals surface area contributed by atoms with Crippen molar-refractivity contribution in [2.24, 2.45) is 0 Å². The number of benzene rings is 2. The van der Waals surface area contributed by atoms with Crippen LogP contribution in [0.1, 0.15) is 5.69 Å². The molecule has 2 aromatic heterocycles. The van der Waals surface area contributed by atoms with Crippen molar-refractivity contribution in [3.8, 4) is 27.6 Å². The van der Waals surface area contributed by atoms with E-state index in [0.717, 1.165) is 33.3 Å². The summed E-state index contributed by atoms with van der Waals surface area (Å²) in [4.78, 5) is 4.72. The van der Waals surface area contributed by atoms with Crippen molar-refractivity contribution in [2.45, 2.75) is 6.92 Å². The fraction of sp³-hybridized carbons (Fsp3) is 0.0556. The Balaban J connectivity index is 1.73. The Morgan fingerprint density at radius 3 is 2.35 bits per heavy atom. The number of thiazole rings is 1. The van der Waals surface area contributed by atoms with Gasteiger partial charge in [-0.3, -0.25) is 0 Å². The number of rotatable bonds is 3. The van der Waals surface area contributed by atoms with Crippen molar-refractivity contribution < 1.29 is 0 Å². The van der Waals surface area contributed by atoms with Crippen molar-refractivity contribution in [3.05, 3.63) is 71.7 Å². The summed E-state index contributed by atoms with van der Waals surface area (Å²) in [5.41, 5.74) is 4.91. The molecule has 0 aliphatic rings. The number of para-hydroxylation sites is 1. The van der Waals surface area contributed by atoms with Gasteiger partial charge < -0.3 is 0 Å². The normalized spacial score (nSPS) is 10.8. The highest BCUT2D eigenvalue weighted by Crippen LogP contribution is 2.29. The van der Waals surface area contributed by atoms with E-state index in [1.54, 1.807) is 11.3 Å². The van der Waals surface area contributed by atoms with Crippen LogP contribution in [0, 0.1) is 6.92 Å². The van der Waals surface area contributed by atoms with Crippen LogP contribution in [0.25, 0.3) is 27.6 Å². The first kappa shape index (κ1) is 13.8. The number of hydrogen-bond donors (Lipinski definition) is 0. The first-order valence-corrected chi connectivity index (χ1v) is 8.20. The van der Waals surface area contributed by atoms with Gasteiger partial charge in [-0.25, -0.2) is 9.67 Å². The summed E-state index contributed by atoms with van der Waals surface area (Å²) in [5.74, 6) is 0. The lowest BCUT2D eigenvalue weighted by molar-refractivity contribution is 0.785. The summed E-state index contributed by atoms with van der Waals surface area (Å²) in [6.07, 6.45) is 0. The maximum Gasteiger partial charge on any atom is 0.146 e. The summed E-state index contributed by atoms with van der Waals surface area (Å²) in [5, 5.41) is 11.6. The van der Waals surface area contributed by atoms with Crippen molar-refractivity contribution >= 4 is 11.3 Å². The second kappa shape index (κ2) is 5.78. The standard InChI is InChI=1S/C18H14N4S/c1-13-17(20-21-22(13)15-10-6-3-7-11-15)18-19-16(12-23-18)14-8-4-2-5-9-14/h2-12H,1H3. The van der Waals surface area contributed by atoms with E-state index < -0.39 is 0 Å². The van der Waals surface area contributed by atoms with Crippen LogP contribution in [0.2, 0.25) is 0 Å². The largest absolute Gasteiger partial charge is 0.234 e. The molecule has 0 radical (unpaired) electrons. The van der Waals surface area contributed by atoms with Crippen LogP contribution in [0.3, 0.4) is 0 Å². The Bertz CT molecular complexity index is 926. The Morgan fingerprint density at radius 1 is 0.913 bits per heavy atom. The minimum absolute atomic E-state index is 0.834. The third kappa shape index (κ3) is 2.55. The molecule has 0 atom stereocenters. The van der Waals surface area contributed by atoms with Gasteiger partial charge in [-0.2, -0.15) is 0 Å². The molecule has 0 aliphatic carbocycles. The predicted molar refractivity (Wildman–Crippen MR) is 92.6 cm³/mol. The summed E-state index contributed by atoms with van der Waals surface area (Å²) in [6, 6.07) is 20.2. The number of nitrogens with zero attached hydrogens (tertiary/aromatic N) is 4. The smallest absolute Gasteiger partial charge is 0.146 e. The Labute approximate surface area is 138 Å². The van der Waals surface area contributed by atoms with E-state index >= 15 is 0 Å². The second-order valence-electron chi connectivity index (χ2n) is 5.17. The van der Waals surface area contributed by atoms with Gasteiger partial charge in [-0.1, -0.05) is 53.7 Å². The second-order valence-corrected chi connectivity index (χ2v) is 6.03. The molecule has 0 unspecified atom stereocenters. The Morgan fingerprint density at radius 2 is 1.61 bits per heavy atom. The first-order valence-electron chi connectivity index (χ1n) is 7.32. The molecule has 2 heterocycles. The van der Waals surface area contributed by atoms with Crippen molar-refractivity contribution in [2.75, 3.05) is 0 Å². The van der Waals surface area contributed by atoms with Gasteiger partial charge >= 0.3 is 0 Å². The van der Waals surface area contributed by atoms with Gasteiger partial charge in [0.25, 0.3) is 0 Å². The van der Waals surface area contributed by atoms with E-state index in [1.807, 2.05) is 60.1 Å². The molecule has 4 rings (SSSR count). The van der Waals surface area contributed by atoms with Gasteiger partial charge in [-0.15, -0.1) is 16.4 Å². The topological polar surface area (TPSA) is 43.6 Å². The van der Waals surface area contributed by atoms with E-state index in [9.17, 15) is 0 Å². The van der Waals surface area contributed by atoms with E-state index in [1.165, 1.54) is 0 Å². The van der Waals surface area contributed by atoms with Crippen LogP contribution in [0.5, 0.6) is 0 Å². The summed E-state index contributed by atoms with van der Waals surface area (Å²) < 4.78 is 1.85. The summed E-state index contributed by atoms with van der Waals surface area (Å²) in [6.45, 7) is 2.02. The number of aromatic nitrogens is 4. The van der Waals surface area contributed by atoms with Crippen LogP contribution < -0.4 is 0 Å². The van der Waals surface area contributed by atoms with Crippen LogP contribution >= 0.6 is 11.3 Å². The number of hydrogen-bond acceptors (Lipinski definition) is 4. The molecular weight excluding hydrogens is 304 g/mol. The zero-order chi connectivity index (χ0) is 15.6. The van der Waals surface area contributed by atoms with Crippen molar-refractivity contribution in [3.63, 3.8) is 0 Å². The fourth-order valence-corrected chi connectivity index (χ4v) is 3.33. The van der Waals surface area contributed by atoms with Gasteiger partial charge in [0.15, 0.2) is 0 Å². The molecule has 4 aromatic rings. The fourth-order valence-electron chi connectivity index (χ4n) is 2.47. The zero-order valence-corrected chi connectivity index (χ0v) is 13.4. The van der Waals surface area contributed by atoms with Gasteiger partial charge in [0.05, 0.1) is 17.1 Å². The minimum atomic E-state index is 0.834. The molecule has 0 aliphatic heterocycles. The van der Waals surface area contributed by atoms with E-state index in [0.29, 0.717) is 0 Å². The quantitative estimate of drug-likeness (QED) is 0.563. The Hall–Kier alpha value is -2.79. The van der Waals surface area contributed by atoms with Crippen molar-refractivity contribution in [1.29, 1.82) is 0 Å². The summed E-state index contributed by atoms with van der Waals surface area (Å²) >= 11 is 1.59. The maximum atomic E-state index is 4.72. The molecule has 0 bridgehead atoms. The molecule has 5 heteroatoms. The highest BCUT2D eigenvalue weighted by atomic mass is 32.1. The summed E-state index contributed by atoms with van der Waals surface area (Å²) in [7, 11) is 0. The molecular formula is C18H14N4S. The molecule has 0 saturated heterocycles. The molecule has 0 amide bonds. The third-order valence-corrected chi connectivity index (χ3v) is 4.52. The van der Waals surface area contributed by atoms with Gasteiger partial charge in [0, 0.05) is 10.9 Å². The van der Waals surface area contributed by atoms with Crippen LogP contribution in [-0.2, 0) is 0 Å². The molecule has 0 saturated carbocycles. The Kier molecular flexibility index (Phi) is 3.48. The van der Waals surface area contributed by atoms with E-state index in [2.05, 4.69) is 27.8 Å². The van der Waals surface area contributed by atoms with E-state index in [4.69, 9.17) is 4.98 Å². The molecule has 0 fully saturated rings. The molecule has 23 heavy (non-hydrogen) atoms. The minimum Gasteiger partial charge on any atom is -0.234 e. The maximum absolute atomic E-state index is 4.72. The lowest BCUT2D eigenvalue weighted by Gasteiger charge is -2.02. The third-order valence-electron chi connectivity index (χ3n) is 3.67. The molecule has 0 N–H and O–H groups in total. The molecule has 4 nitrogen and oxygen atoms in total. The first-order chi connectivity index (χ1) is 11.3. The van der Waals surface area contributed by atoms with E-state index in [-0.39, 0.29) is 0 Å². The molecule has 0 spiro atoms. The lowest BCUT2D eigenvalue weighted by atomic mass is 10.2. The van der Waals surface area contributed by atoms with Crippen LogP contribution in [0.15, 0.2) is 66.0 Å². The molecule has 2 aromatic carbocycles. The van der Waals surface area contributed by atoms with Gasteiger partial charge in [0.1, 0.15) is 10.7 Å².